The summed E-state index contributed by atoms with van der Waals surface area (Å²) >= 11 is 4.03. The molecule has 0 aliphatic carbocycles. The molecule has 47 heavy (non-hydrogen) atoms. The van der Waals surface area contributed by atoms with Crippen LogP contribution in [0.15, 0.2) is 78.9 Å². The lowest BCUT2D eigenvalue weighted by Crippen LogP contribution is -2.59. The maximum absolute atomic E-state index is 2.55. The number of hydrogen-bond acceptors (Lipinski definition) is 4. The Kier molecular flexibility index (Phi) is 7.29. The van der Waals surface area contributed by atoms with Crippen molar-refractivity contribution in [3.63, 3.8) is 0 Å². The molecule has 2 aliphatic heterocycles. The first-order valence-electron chi connectivity index (χ1n) is 17.1. The summed E-state index contributed by atoms with van der Waals surface area (Å²) < 4.78 is 2.92. The van der Waals surface area contributed by atoms with Crippen molar-refractivity contribution in [2.75, 3.05) is 9.80 Å². The van der Waals surface area contributed by atoms with Gasteiger partial charge in [-0.15, -0.1) is 0 Å². The van der Waals surface area contributed by atoms with Crippen molar-refractivity contribution in [1.29, 1.82) is 0 Å². The van der Waals surface area contributed by atoms with E-state index in [0.717, 1.165) is 0 Å². The Morgan fingerprint density at radius 1 is 0.447 bits per heavy atom. The van der Waals surface area contributed by atoms with E-state index in [2.05, 4.69) is 172 Å². The van der Waals surface area contributed by atoms with Gasteiger partial charge in [-0.25, -0.2) is 0 Å². The third-order valence-electron chi connectivity index (χ3n) is 9.78. The van der Waals surface area contributed by atoms with E-state index >= 15 is 0 Å². The first-order chi connectivity index (χ1) is 21.8. The van der Waals surface area contributed by atoms with Crippen molar-refractivity contribution in [3.05, 3.63) is 99.7 Å². The van der Waals surface area contributed by atoms with Crippen LogP contribution in [0.3, 0.4) is 0 Å². The zero-order chi connectivity index (χ0) is 33.8. The second-order valence-corrected chi connectivity index (χ2v) is 19.8. The van der Waals surface area contributed by atoms with Crippen LogP contribution < -0.4 is 24.8 Å². The molecule has 0 atom stereocenters. The molecular formula is C42H49BN2S2. The molecule has 0 radical (unpaired) electrons. The molecule has 0 bridgehead atoms. The molecule has 5 heteroatoms. The number of rotatable bonds is 2. The molecule has 0 saturated heterocycles. The van der Waals surface area contributed by atoms with Crippen LogP contribution in [0.1, 0.15) is 104 Å². The number of thiophene rings is 2. The van der Waals surface area contributed by atoms with Crippen LogP contribution in [-0.2, 0) is 21.7 Å². The molecule has 0 unspecified atom stereocenters. The standard InChI is InChI=1S/C42H49BN2S2/c1-39(2,3)26-16-20-28(21-17-26)44-30-14-13-15-31-36(30)43(37-32(44)24-34(46-37)41(7,8)9)38-33(25-35(47-38)42(10,11)12)45(31)29-22-18-27(19-23-29)40(4,5)6/h13-25H,1-12H3. The van der Waals surface area contributed by atoms with Crippen LogP contribution in [0.25, 0.3) is 0 Å². The fraction of sp³-hybridized carbons (Fsp3) is 0.381. The first-order valence-corrected chi connectivity index (χ1v) is 18.7. The fourth-order valence-electron chi connectivity index (χ4n) is 6.94. The van der Waals surface area contributed by atoms with Gasteiger partial charge in [0, 0.05) is 42.1 Å². The van der Waals surface area contributed by atoms with Gasteiger partial charge in [-0.1, -0.05) is 113 Å². The van der Waals surface area contributed by atoms with Gasteiger partial charge in [0.25, 0.3) is 6.71 Å². The molecule has 0 saturated carbocycles. The lowest BCUT2D eigenvalue weighted by atomic mass is 9.39. The molecule has 242 valence electrons. The van der Waals surface area contributed by atoms with Gasteiger partial charge in [-0.05, 0) is 86.8 Å². The minimum Gasteiger partial charge on any atom is -0.311 e. The summed E-state index contributed by atoms with van der Waals surface area (Å²) in [7, 11) is 0. The van der Waals surface area contributed by atoms with Gasteiger partial charge >= 0.3 is 0 Å². The lowest BCUT2D eigenvalue weighted by molar-refractivity contribution is 0.590. The molecule has 5 aromatic rings. The highest BCUT2D eigenvalue weighted by atomic mass is 32.1. The molecule has 2 aromatic heterocycles. The minimum absolute atomic E-state index is 0.0587. The van der Waals surface area contributed by atoms with Crippen molar-refractivity contribution in [3.8, 4) is 0 Å². The van der Waals surface area contributed by atoms with Crippen LogP contribution in [0.4, 0.5) is 34.1 Å². The zero-order valence-corrected chi connectivity index (χ0v) is 31.9. The highest BCUT2D eigenvalue weighted by Crippen LogP contribution is 2.48. The first kappa shape index (κ1) is 32.3. The van der Waals surface area contributed by atoms with Crippen LogP contribution in [0.5, 0.6) is 0 Å². The summed E-state index contributed by atoms with van der Waals surface area (Å²) in [5.41, 5.74) is 12.1. The largest absolute Gasteiger partial charge is 0.311 e. The zero-order valence-electron chi connectivity index (χ0n) is 30.3. The quantitative estimate of drug-likeness (QED) is 0.171. The summed E-state index contributed by atoms with van der Waals surface area (Å²) in [4.78, 5) is 7.96. The number of anilines is 6. The molecule has 3 aromatic carbocycles. The third-order valence-corrected chi connectivity index (χ3v) is 13.0. The normalized spacial score (nSPS) is 14.7. The SMILES string of the molecule is CC(C)(C)c1ccc(N2c3cc(C(C)(C)C)sc3B3c4sc(C(C)(C)C)cc4N(c4ccc(C(C)(C)C)cc4)c4cccc2c43)cc1. The van der Waals surface area contributed by atoms with Gasteiger partial charge < -0.3 is 9.80 Å². The van der Waals surface area contributed by atoms with Gasteiger partial charge in [0.05, 0.1) is 11.4 Å². The topological polar surface area (TPSA) is 6.48 Å². The maximum Gasteiger partial charge on any atom is 0.277 e. The second-order valence-electron chi connectivity index (χ2n) is 17.6. The third kappa shape index (κ3) is 5.38. The molecular weight excluding hydrogens is 607 g/mol. The summed E-state index contributed by atoms with van der Waals surface area (Å²) in [6.45, 7) is 28.1. The lowest BCUT2D eigenvalue weighted by Gasteiger charge is -2.41. The van der Waals surface area contributed by atoms with Crippen molar-refractivity contribution in [2.45, 2.75) is 105 Å². The van der Waals surface area contributed by atoms with Gasteiger partial charge in [0.15, 0.2) is 0 Å². The Bertz CT molecular complexity index is 1830. The Balaban J connectivity index is 1.51. The molecule has 0 N–H and O–H groups in total. The van der Waals surface area contributed by atoms with Gasteiger partial charge in [0.2, 0.25) is 0 Å². The highest BCUT2D eigenvalue weighted by molar-refractivity contribution is 7.36. The number of nitrogens with zero attached hydrogens (tertiary/aromatic N) is 2. The van der Waals surface area contributed by atoms with Gasteiger partial charge in [-0.3, -0.25) is 0 Å². The van der Waals surface area contributed by atoms with E-state index in [0.29, 0.717) is 0 Å². The molecule has 0 amide bonds. The Labute approximate surface area is 291 Å². The van der Waals surface area contributed by atoms with Crippen LogP contribution in [0.2, 0.25) is 0 Å². The predicted molar refractivity (Wildman–Crippen MR) is 211 cm³/mol. The summed E-state index contributed by atoms with van der Waals surface area (Å²) in [5, 5.41) is 0. The average molecular weight is 657 g/mol. The minimum atomic E-state index is 0.0587. The summed E-state index contributed by atoms with van der Waals surface area (Å²) in [5.74, 6) is 0. The molecule has 2 aliphatic rings. The molecule has 2 nitrogen and oxygen atoms in total. The monoisotopic (exact) mass is 656 g/mol. The van der Waals surface area contributed by atoms with E-state index < -0.39 is 0 Å². The number of benzene rings is 3. The Morgan fingerprint density at radius 2 is 0.809 bits per heavy atom. The fourth-order valence-corrected chi connectivity index (χ4v) is 9.66. The van der Waals surface area contributed by atoms with E-state index in [1.807, 2.05) is 22.7 Å². The van der Waals surface area contributed by atoms with Gasteiger partial charge in [0.1, 0.15) is 0 Å². The van der Waals surface area contributed by atoms with Crippen molar-refractivity contribution in [1.82, 2.24) is 0 Å². The van der Waals surface area contributed by atoms with Gasteiger partial charge in [-0.2, -0.15) is 22.7 Å². The molecule has 0 spiro atoms. The van der Waals surface area contributed by atoms with E-state index in [1.165, 1.54) is 70.0 Å². The molecule has 0 fully saturated rings. The van der Waals surface area contributed by atoms with Crippen LogP contribution in [0, 0.1) is 0 Å². The van der Waals surface area contributed by atoms with E-state index in [-0.39, 0.29) is 28.4 Å². The molecule has 4 heterocycles. The molecule has 7 rings (SSSR count). The summed E-state index contributed by atoms with van der Waals surface area (Å²) in [6, 6.07) is 30.6. The van der Waals surface area contributed by atoms with E-state index in [4.69, 9.17) is 0 Å². The van der Waals surface area contributed by atoms with E-state index in [9.17, 15) is 0 Å². The van der Waals surface area contributed by atoms with E-state index in [1.54, 1.807) is 0 Å². The van der Waals surface area contributed by atoms with Crippen molar-refractivity contribution < 1.29 is 0 Å². The van der Waals surface area contributed by atoms with Crippen LogP contribution >= 0.6 is 22.7 Å². The Hall–Kier alpha value is -3.28. The second kappa shape index (κ2) is 10.6. The van der Waals surface area contributed by atoms with Crippen LogP contribution in [-0.4, -0.2) is 6.71 Å². The number of fused-ring (bicyclic) bond motifs is 4. The van der Waals surface area contributed by atoms with Crippen molar-refractivity contribution >= 4 is 78.5 Å². The average Bonchev–Trinajstić information content (AvgIpc) is 3.62. The van der Waals surface area contributed by atoms with Crippen molar-refractivity contribution in [2.24, 2.45) is 0 Å². The maximum atomic E-state index is 2.55. The number of hydrogen-bond donors (Lipinski definition) is 0. The smallest absolute Gasteiger partial charge is 0.277 e. The predicted octanol–water partition coefficient (Wildman–Crippen LogP) is 11.1. The summed E-state index contributed by atoms with van der Waals surface area (Å²) in [6.07, 6.45) is 0. The highest BCUT2D eigenvalue weighted by Gasteiger charge is 2.46. The Morgan fingerprint density at radius 3 is 1.13 bits per heavy atom.